The van der Waals surface area contributed by atoms with Crippen molar-refractivity contribution in [3.8, 4) is 0 Å². The molecule has 0 saturated carbocycles. The smallest absolute Gasteiger partial charge is 0.240 e. The second-order valence-corrected chi connectivity index (χ2v) is 4.88. The Bertz CT molecular complexity index is 607. The number of aromatic nitrogens is 4. The lowest BCUT2D eigenvalue weighted by molar-refractivity contribution is -0.121. The van der Waals surface area contributed by atoms with Gasteiger partial charge in [-0.05, 0) is 23.9 Å². The number of aromatic amines is 1. The highest BCUT2D eigenvalue weighted by molar-refractivity contribution is 7.99. The molecule has 3 heterocycles. The molecule has 0 saturated heterocycles. The monoisotopic (exact) mass is 274 g/mol. The van der Waals surface area contributed by atoms with Crippen LogP contribution in [-0.2, 0) is 4.79 Å². The van der Waals surface area contributed by atoms with Crippen LogP contribution < -0.4 is 5.43 Å². The van der Waals surface area contributed by atoms with Crippen molar-refractivity contribution in [2.24, 2.45) is 5.10 Å². The summed E-state index contributed by atoms with van der Waals surface area (Å²) in [5.74, 6) is -0.0470. The zero-order valence-electron chi connectivity index (χ0n) is 9.83. The van der Waals surface area contributed by atoms with Gasteiger partial charge in [-0.1, -0.05) is 0 Å². The summed E-state index contributed by atoms with van der Waals surface area (Å²) in [6.07, 6.45) is 4.31. The molecule has 96 valence electrons. The van der Waals surface area contributed by atoms with Crippen LogP contribution in [0.2, 0.25) is 0 Å². The number of hydrazone groups is 1. The number of carbonyl (C=O) groups excluding carboxylic acids is 1. The van der Waals surface area contributed by atoms with Crippen LogP contribution in [0.25, 0.3) is 0 Å². The molecular formula is C11H10N6OS. The Kier molecular flexibility index (Phi) is 3.23. The molecule has 0 aliphatic carbocycles. The standard InChI is InChI=1S/C11H10N6OS/c18-9-3-2-8(15-16-9)7-1-4-10(12-5-7)19-11-13-6-14-17-11/h1,4-6H,2-3H2,(H,16,18)(H,13,14,17). The number of hydrogen-bond acceptors (Lipinski definition) is 6. The number of amides is 1. The van der Waals surface area contributed by atoms with Crippen molar-refractivity contribution >= 4 is 23.4 Å². The zero-order chi connectivity index (χ0) is 13.1. The lowest BCUT2D eigenvalue weighted by atomic mass is 10.1. The van der Waals surface area contributed by atoms with Crippen molar-refractivity contribution < 1.29 is 4.79 Å². The number of pyridine rings is 1. The maximum Gasteiger partial charge on any atom is 0.240 e. The number of carbonyl (C=O) groups is 1. The Hall–Kier alpha value is -2.22. The normalized spacial score (nSPS) is 14.9. The predicted octanol–water partition coefficient (Wildman–Crippen LogP) is 0.965. The molecule has 19 heavy (non-hydrogen) atoms. The van der Waals surface area contributed by atoms with Crippen LogP contribution in [0.15, 0.2) is 39.9 Å². The average Bonchev–Trinajstić information content (AvgIpc) is 2.94. The van der Waals surface area contributed by atoms with Crippen molar-refractivity contribution in [1.29, 1.82) is 0 Å². The molecule has 0 bridgehead atoms. The molecule has 2 aromatic heterocycles. The van der Waals surface area contributed by atoms with E-state index in [0.717, 1.165) is 16.3 Å². The van der Waals surface area contributed by atoms with Gasteiger partial charge < -0.3 is 0 Å². The molecule has 0 unspecified atom stereocenters. The molecule has 1 amide bonds. The van der Waals surface area contributed by atoms with Gasteiger partial charge in [0.15, 0.2) is 5.16 Å². The van der Waals surface area contributed by atoms with E-state index in [4.69, 9.17) is 0 Å². The zero-order valence-corrected chi connectivity index (χ0v) is 10.6. The first-order chi connectivity index (χ1) is 9.31. The fourth-order valence-electron chi connectivity index (χ4n) is 1.64. The highest BCUT2D eigenvalue weighted by Gasteiger charge is 2.13. The highest BCUT2D eigenvalue weighted by Crippen LogP contribution is 2.22. The molecule has 8 heteroatoms. The van der Waals surface area contributed by atoms with Gasteiger partial charge in [0.05, 0.1) is 5.71 Å². The van der Waals surface area contributed by atoms with Gasteiger partial charge >= 0.3 is 0 Å². The minimum atomic E-state index is -0.0470. The van der Waals surface area contributed by atoms with E-state index in [2.05, 4.69) is 30.7 Å². The third-order valence-corrected chi connectivity index (χ3v) is 3.41. The minimum absolute atomic E-state index is 0.0470. The van der Waals surface area contributed by atoms with Gasteiger partial charge in [-0.25, -0.2) is 15.4 Å². The summed E-state index contributed by atoms with van der Waals surface area (Å²) >= 11 is 1.40. The summed E-state index contributed by atoms with van der Waals surface area (Å²) in [5, 5.41) is 12.1. The van der Waals surface area contributed by atoms with E-state index in [-0.39, 0.29) is 5.91 Å². The minimum Gasteiger partial charge on any atom is -0.273 e. The molecular weight excluding hydrogens is 264 g/mol. The molecule has 2 N–H and O–H groups in total. The first kappa shape index (κ1) is 11.8. The van der Waals surface area contributed by atoms with Gasteiger partial charge in [-0.2, -0.15) is 10.2 Å². The van der Waals surface area contributed by atoms with Crippen LogP contribution in [-0.4, -0.2) is 31.8 Å². The third-order valence-electron chi connectivity index (χ3n) is 2.57. The number of rotatable bonds is 3. The van der Waals surface area contributed by atoms with Gasteiger partial charge in [0.25, 0.3) is 0 Å². The summed E-state index contributed by atoms with van der Waals surface area (Å²) in [5.41, 5.74) is 4.24. The highest BCUT2D eigenvalue weighted by atomic mass is 32.2. The number of nitrogens with one attached hydrogen (secondary N) is 2. The topological polar surface area (TPSA) is 95.9 Å². The van der Waals surface area contributed by atoms with Crippen LogP contribution in [0.3, 0.4) is 0 Å². The Morgan fingerprint density at radius 2 is 2.16 bits per heavy atom. The summed E-state index contributed by atoms with van der Waals surface area (Å²) < 4.78 is 0. The molecule has 0 fully saturated rings. The van der Waals surface area contributed by atoms with Crippen LogP contribution in [0.1, 0.15) is 18.4 Å². The number of H-pyrrole nitrogens is 1. The third kappa shape index (κ3) is 2.79. The SMILES string of the molecule is O=C1CCC(c2ccc(Sc3ncn[nH]3)nc2)=NN1. The molecule has 0 radical (unpaired) electrons. The van der Waals surface area contributed by atoms with Crippen molar-refractivity contribution in [2.45, 2.75) is 23.0 Å². The van der Waals surface area contributed by atoms with Gasteiger partial charge in [0, 0.05) is 24.6 Å². The van der Waals surface area contributed by atoms with E-state index in [1.165, 1.54) is 18.1 Å². The Balaban J connectivity index is 1.74. The maximum atomic E-state index is 11.0. The summed E-state index contributed by atoms with van der Waals surface area (Å²) in [6.45, 7) is 0. The fraction of sp³-hybridized carbons (Fsp3) is 0.182. The van der Waals surface area contributed by atoms with Gasteiger partial charge in [-0.3, -0.25) is 9.89 Å². The maximum absolute atomic E-state index is 11.0. The molecule has 0 aromatic carbocycles. The van der Waals surface area contributed by atoms with E-state index >= 15 is 0 Å². The average molecular weight is 274 g/mol. The first-order valence-electron chi connectivity index (χ1n) is 5.66. The molecule has 0 spiro atoms. The fourth-order valence-corrected chi connectivity index (χ4v) is 2.27. The van der Waals surface area contributed by atoms with E-state index < -0.39 is 0 Å². The number of nitrogens with zero attached hydrogens (tertiary/aromatic N) is 4. The van der Waals surface area contributed by atoms with Crippen molar-refractivity contribution in [1.82, 2.24) is 25.6 Å². The Morgan fingerprint density at radius 3 is 2.79 bits per heavy atom. The number of hydrogen-bond donors (Lipinski definition) is 2. The Morgan fingerprint density at radius 1 is 1.21 bits per heavy atom. The van der Waals surface area contributed by atoms with Crippen molar-refractivity contribution in [2.75, 3.05) is 0 Å². The summed E-state index contributed by atoms with van der Waals surface area (Å²) in [6, 6.07) is 3.82. The van der Waals surface area contributed by atoms with E-state index in [1.807, 2.05) is 12.1 Å². The Labute approximate surface area is 112 Å². The quantitative estimate of drug-likeness (QED) is 0.869. The van der Waals surface area contributed by atoms with Gasteiger partial charge in [-0.15, -0.1) is 0 Å². The van der Waals surface area contributed by atoms with Crippen LogP contribution in [0, 0.1) is 0 Å². The molecule has 1 aliphatic rings. The second-order valence-electron chi connectivity index (χ2n) is 3.87. The van der Waals surface area contributed by atoms with E-state index in [9.17, 15) is 4.79 Å². The molecule has 2 aromatic rings. The van der Waals surface area contributed by atoms with Gasteiger partial charge in [0.1, 0.15) is 11.4 Å². The lowest BCUT2D eigenvalue weighted by Crippen LogP contribution is -2.25. The second kappa shape index (κ2) is 5.19. The molecule has 0 atom stereocenters. The summed E-state index contributed by atoms with van der Waals surface area (Å²) in [4.78, 5) is 19.4. The summed E-state index contributed by atoms with van der Waals surface area (Å²) in [7, 11) is 0. The van der Waals surface area contributed by atoms with E-state index in [1.54, 1.807) is 6.20 Å². The van der Waals surface area contributed by atoms with Crippen LogP contribution in [0.5, 0.6) is 0 Å². The molecule has 1 aliphatic heterocycles. The predicted molar refractivity (Wildman–Crippen MR) is 68.7 cm³/mol. The van der Waals surface area contributed by atoms with Crippen molar-refractivity contribution in [3.05, 3.63) is 30.2 Å². The van der Waals surface area contributed by atoms with E-state index in [0.29, 0.717) is 18.0 Å². The van der Waals surface area contributed by atoms with Crippen LogP contribution >= 0.6 is 11.8 Å². The van der Waals surface area contributed by atoms with Crippen LogP contribution in [0.4, 0.5) is 0 Å². The molecule has 7 nitrogen and oxygen atoms in total. The first-order valence-corrected chi connectivity index (χ1v) is 6.48. The molecule has 3 rings (SSSR count). The largest absolute Gasteiger partial charge is 0.273 e. The van der Waals surface area contributed by atoms with Crippen molar-refractivity contribution in [3.63, 3.8) is 0 Å². The van der Waals surface area contributed by atoms with Gasteiger partial charge in [0.2, 0.25) is 5.91 Å². The lowest BCUT2D eigenvalue weighted by Gasteiger charge is -2.11.